The summed E-state index contributed by atoms with van der Waals surface area (Å²) in [5, 5.41) is 4.90. The van der Waals surface area contributed by atoms with Gasteiger partial charge in [-0.05, 0) is 75.6 Å². The van der Waals surface area contributed by atoms with Crippen molar-refractivity contribution in [2.45, 2.75) is 59.4 Å². The molecule has 5 rings (SSSR count). The third-order valence-corrected chi connectivity index (χ3v) is 7.42. The van der Waals surface area contributed by atoms with Crippen LogP contribution < -0.4 is 9.64 Å². The summed E-state index contributed by atoms with van der Waals surface area (Å²) in [5.74, 6) is 2.64. The van der Waals surface area contributed by atoms with Crippen LogP contribution in [0.2, 0.25) is 0 Å². The van der Waals surface area contributed by atoms with E-state index in [1.165, 1.54) is 6.42 Å². The summed E-state index contributed by atoms with van der Waals surface area (Å²) in [6.45, 7) is 11.2. The Morgan fingerprint density at radius 1 is 1.03 bits per heavy atom. The molecule has 0 N–H and O–H groups in total. The van der Waals surface area contributed by atoms with Crippen LogP contribution in [0.25, 0.3) is 5.65 Å². The van der Waals surface area contributed by atoms with Gasteiger partial charge in [0.25, 0.3) is 5.91 Å². The Balaban J connectivity index is 1.47. The number of carbonyl (C=O) groups is 1. The number of anilines is 1. The molecule has 7 heteroatoms. The third-order valence-electron chi connectivity index (χ3n) is 7.42. The zero-order valence-corrected chi connectivity index (χ0v) is 21.0. The summed E-state index contributed by atoms with van der Waals surface area (Å²) in [6.07, 6.45) is 6.31. The first-order valence-corrected chi connectivity index (χ1v) is 12.4. The molecule has 0 aliphatic carbocycles. The monoisotopic (exact) mass is 461 g/mol. The van der Waals surface area contributed by atoms with Crippen molar-refractivity contribution in [1.82, 2.24) is 19.5 Å². The van der Waals surface area contributed by atoms with Crippen molar-refractivity contribution in [3.63, 3.8) is 0 Å². The maximum atomic E-state index is 13.7. The van der Waals surface area contributed by atoms with Gasteiger partial charge in [-0.2, -0.15) is 5.10 Å². The smallest absolute Gasteiger partial charge is 0.254 e. The fourth-order valence-corrected chi connectivity index (χ4v) is 5.51. The van der Waals surface area contributed by atoms with E-state index < -0.39 is 0 Å². The molecule has 2 fully saturated rings. The van der Waals surface area contributed by atoms with Gasteiger partial charge in [-0.15, -0.1) is 0 Å². The maximum absolute atomic E-state index is 13.7. The molecule has 1 unspecified atom stereocenters. The number of ether oxygens (including phenoxy) is 1. The third kappa shape index (κ3) is 4.01. The molecule has 0 saturated carbocycles. The summed E-state index contributed by atoms with van der Waals surface area (Å²) in [5.41, 5.74) is 5.57. The first kappa shape index (κ1) is 22.7. The van der Waals surface area contributed by atoms with Crippen molar-refractivity contribution in [3.8, 4) is 5.75 Å². The van der Waals surface area contributed by atoms with Gasteiger partial charge in [0.05, 0.1) is 18.8 Å². The van der Waals surface area contributed by atoms with Crippen LogP contribution >= 0.6 is 0 Å². The van der Waals surface area contributed by atoms with E-state index in [0.717, 1.165) is 84.1 Å². The maximum Gasteiger partial charge on any atom is 0.254 e. The van der Waals surface area contributed by atoms with Crippen LogP contribution in [0.1, 0.15) is 71.4 Å². The number of likely N-dealkylation sites (tertiary alicyclic amines) is 1. The lowest BCUT2D eigenvalue weighted by atomic mass is 9.96. The molecule has 2 saturated heterocycles. The average Bonchev–Trinajstić information content (AvgIpc) is 3.44. The van der Waals surface area contributed by atoms with E-state index in [1.807, 2.05) is 35.4 Å². The van der Waals surface area contributed by atoms with Crippen LogP contribution in [0.3, 0.4) is 0 Å². The topological polar surface area (TPSA) is 63.0 Å². The number of methoxy groups -OCH3 is 1. The quantitative estimate of drug-likeness (QED) is 0.554. The van der Waals surface area contributed by atoms with Gasteiger partial charge < -0.3 is 14.5 Å². The zero-order valence-electron chi connectivity index (χ0n) is 21.0. The van der Waals surface area contributed by atoms with E-state index in [0.29, 0.717) is 5.92 Å². The first-order valence-electron chi connectivity index (χ1n) is 12.4. The van der Waals surface area contributed by atoms with Crippen LogP contribution in [-0.4, -0.2) is 52.1 Å². The van der Waals surface area contributed by atoms with Crippen molar-refractivity contribution in [2.24, 2.45) is 5.92 Å². The lowest BCUT2D eigenvalue weighted by Gasteiger charge is -2.35. The second-order valence-electron chi connectivity index (χ2n) is 10.1. The number of rotatable bonds is 4. The Labute approximate surface area is 201 Å². The van der Waals surface area contributed by atoms with Gasteiger partial charge in [-0.1, -0.05) is 6.92 Å². The van der Waals surface area contributed by atoms with Crippen LogP contribution in [0.15, 0.2) is 24.4 Å². The Kier molecular flexibility index (Phi) is 5.96. The van der Waals surface area contributed by atoms with E-state index in [9.17, 15) is 4.79 Å². The first-order chi connectivity index (χ1) is 16.4. The summed E-state index contributed by atoms with van der Waals surface area (Å²) in [4.78, 5) is 23.1. The van der Waals surface area contributed by atoms with Crippen LogP contribution in [0.4, 0.5) is 5.82 Å². The Morgan fingerprint density at radius 3 is 2.59 bits per heavy atom. The van der Waals surface area contributed by atoms with E-state index >= 15 is 0 Å². The average molecular weight is 462 g/mol. The highest BCUT2D eigenvalue weighted by Crippen LogP contribution is 2.34. The van der Waals surface area contributed by atoms with E-state index in [1.54, 1.807) is 7.11 Å². The second kappa shape index (κ2) is 8.93. The predicted octanol–water partition coefficient (Wildman–Crippen LogP) is 4.88. The molecule has 2 aliphatic heterocycles. The number of amides is 1. The molecule has 0 radical (unpaired) electrons. The number of hydrogen-bond donors (Lipinski definition) is 0. The summed E-state index contributed by atoms with van der Waals surface area (Å²) >= 11 is 0. The van der Waals surface area contributed by atoms with Crippen molar-refractivity contribution in [1.29, 1.82) is 0 Å². The standard InChI is InChI=1S/C27H35N5O2/c1-17-9-11-30(15-17)26-20(4)16-32-25(28-26)14-22(29-32)23-8-6-7-10-31(23)27(33)21-12-19(3)24(34-5)13-18(21)2/h12-14,16-17,23H,6-11,15H2,1-5H3/t17-,23?/m0/s1. The highest BCUT2D eigenvalue weighted by Gasteiger charge is 2.32. The van der Waals surface area contributed by atoms with Crippen molar-refractivity contribution >= 4 is 17.4 Å². The second-order valence-corrected chi connectivity index (χ2v) is 10.1. The minimum Gasteiger partial charge on any atom is -0.496 e. The minimum absolute atomic E-state index is 0.0414. The van der Waals surface area contributed by atoms with Crippen molar-refractivity contribution in [2.75, 3.05) is 31.6 Å². The summed E-state index contributed by atoms with van der Waals surface area (Å²) < 4.78 is 7.33. The fourth-order valence-electron chi connectivity index (χ4n) is 5.51. The number of nitrogens with zero attached hydrogens (tertiary/aromatic N) is 5. The molecule has 0 bridgehead atoms. The zero-order chi connectivity index (χ0) is 24.0. The number of piperidine rings is 1. The number of fused-ring (bicyclic) bond motifs is 1. The number of carbonyl (C=O) groups excluding carboxylic acids is 1. The molecule has 0 spiro atoms. The molecule has 180 valence electrons. The number of aromatic nitrogens is 3. The minimum atomic E-state index is -0.0414. The Morgan fingerprint density at radius 2 is 1.85 bits per heavy atom. The molecular formula is C27H35N5O2. The van der Waals surface area contributed by atoms with E-state index in [4.69, 9.17) is 14.8 Å². The van der Waals surface area contributed by atoms with Crippen LogP contribution in [-0.2, 0) is 0 Å². The normalized spacial score (nSPS) is 20.9. The molecule has 1 aromatic carbocycles. The van der Waals surface area contributed by atoms with Gasteiger partial charge in [-0.3, -0.25) is 4.79 Å². The predicted molar refractivity (Wildman–Crippen MR) is 134 cm³/mol. The van der Waals surface area contributed by atoms with E-state index in [-0.39, 0.29) is 11.9 Å². The van der Waals surface area contributed by atoms with Gasteiger partial charge in [0.2, 0.25) is 0 Å². The van der Waals surface area contributed by atoms with Gasteiger partial charge in [0.15, 0.2) is 5.65 Å². The Bertz CT molecular complexity index is 1230. The lowest BCUT2D eigenvalue weighted by Crippen LogP contribution is -2.39. The molecule has 1 amide bonds. The highest BCUT2D eigenvalue weighted by atomic mass is 16.5. The van der Waals surface area contributed by atoms with E-state index in [2.05, 4.69) is 31.0 Å². The van der Waals surface area contributed by atoms with Crippen LogP contribution in [0.5, 0.6) is 5.75 Å². The molecule has 34 heavy (non-hydrogen) atoms. The van der Waals surface area contributed by atoms with Crippen molar-refractivity contribution in [3.05, 3.63) is 52.3 Å². The van der Waals surface area contributed by atoms with Gasteiger partial charge in [-0.25, -0.2) is 9.50 Å². The number of benzene rings is 1. The fraction of sp³-hybridized carbons (Fsp3) is 0.519. The largest absolute Gasteiger partial charge is 0.496 e. The number of aryl methyl sites for hydroxylation is 3. The molecule has 2 atom stereocenters. The Hall–Kier alpha value is -3.09. The lowest BCUT2D eigenvalue weighted by molar-refractivity contribution is 0.0605. The summed E-state index contributed by atoms with van der Waals surface area (Å²) in [7, 11) is 1.67. The summed E-state index contributed by atoms with van der Waals surface area (Å²) in [6, 6.07) is 5.95. The SMILES string of the molecule is COc1cc(C)c(C(=O)N2CCCCC2c2cc3nc(N4CC[C@H](C)C4)c(C)cn3n2)cc1C. The van der Waals surface area contributed by atoms with Gasteiger partial charge >= 0.3 is 0 Å². The van der Waals surface area contributed by atoms with Gasteiger partial charge in [0, 0.05) is 43.0 Å². The molecule has 7 nitrogen and oxygen atoms in total. The van der Waals surface area contributed by atoms with Gasteiger partial charge in [0.1, 0.15) is 11.6 Å². The molecular weight excluding hydrogens is 426 g/mol. The molecule has 2 aliphatic rings. The van der Waals surface area contributed by atoms with Crippen LogP contribution in [0, 0.1) is 26.7 Å². The van der Waals surface area contributed by atoms with Crippen molar-refractivity contribution < 1.29 is 9.53 Å². The highest BCUT2D eigenvalue weighted by molar-refractivity contribution is 5.96. The molecule has 3 aromatic rings. The molecule has 4 heterocycles. The molecule has 2 aromatic heterocycles. The number of hydrogen-bond acceptors (Lipinski definition) is 5.